The Morgan fingerprint density at radius 1 is 1.60 bits per heavy atom. The van der Waals surface area contributed by atoms with Gasteiger partial charge in [0.25, 0.3) is 0 Å². The molecule has 1 rings (SSSR count). The van der Waals surface area contributed by atoms with Crippen LogP contribution < -0.4 is 5.73 Å². The summed E-state index contributed by atoms with van der Waals surface area (Å²) in [5.41, 5.74) is 5.07. The SMILES string of the molecule is NC(=O)c1[c]cc(F)cc1. The van der Waals surface area contributed by atoms with Gasteiger partial charge in [-0.1, -0.05) is 0 Å². The first-order valence-corrected chi connectivity index (χ1v) is 2.67. The number of nitrogens with two attached hydrogens (primary N) is 1. The van der Waals surface area contributed by atoms with E-state index in [0.717, 1.165) is 12.1 Å². The Morgan fingerprint density at radius 2 is 2.30 bits per heavy atom. The van der Waals surface area contributed by atoms with Gasteiger partial charge in [0.1, 0.15) is 5.82 Å². The van der Waals surface area contributed by atoms with Crippen LogP contribution in [0.25, 0.3) is 0 Å². The molecule has 0 bridgehead atoms. The molecule has 0 saturated carbocycles. The molecule has 0 aliphatic rings. The molecule has 1 amide bonds. The third-order valence-corrected chi connectivity index (χ3v) is 1.04. The maximum atomic E-state index is 12.2. The van der Waals surface area contributed by atoms with Crippen molar-refractivity contribution in [2.75, 3.05) is 0 Å². The lowest BCUT2D eigenvalue weighted by Crippen LogP contribution is -2.10. The van der Waals surface area contributed by atoms with Gasteiger partial charge in [-0.25, -0.2) is 4.39 Å². The summed E-state index contributed by atoms with van der Waals surface area (Å²) in [5.74, 6) is -1.02. The molecule has 0 aliphatic carbocycles. The number of benzene rings is 1. The zero-order valence-corrected chi connectivity index (χ0v) is 5.10. The Hall–Kier alpha value is -1.38. The van der Waals surface area contributed by atoms with Crippen molar-refractivity contribution in [3.63, 3.8) is 0 Å². The molecule has 3 heteroatoms. The second-order valence-electron chi connectivity index (χ2n) is 1.78. The Bertz CT molecular complexity index is 242. The monoisotopic (exact) mass is 138 g/mol. The Kier molecular flexibility index (Phi) is 1.67. The molecule has 0 aliphatic heterocycles. The molecular formula is C7H5FNO. The Labute approximate surface area is 57.5 Å². The summed E-state index contributed by atoms with van der Waals surface area (Å²) >= 11 is 0. The highest BCUT2D eigenvalue weighted by molar-refractivity contribution is 5.92. The van der Waals surface area contributed by atoms with Crippen LogP contribution in [0.3, 0.4) is 0 Å². The summed E-state index contributed by atoms with van der Waals surface area (Å²) in [7, 11) is 0. The van der Waals surface area contributed by atoms with E-state index in [1.165, 1.54) is 6.07 Å². The predicted molar refractivity (Wildman–Crippen MR) is 33.8 cm³/mol. The van der Waals surface area contributed by atoms with Gasteiger partial charge < -0.3 is 5.73 Å². The molecule has 0 atom stereocenters. The lowest BCUT2D eigenvalue weighted by atomic mass is 10.2. The highest BCUT2D eigenvalue weighted by atomic mass is 19.1. The van der Waals surface area contributed by atoms with Crippen LogP contribution in [-0.4, -0.2) is 5.91 Å². The van der Waals surface area contributed by atoms with Gasteiger partial charge in [-0.3, -0.25) is 4.79 Å². The largest absolute Gasteiger partial charge is 0.366 e. The molecule has 0 fully saturated rings. The fourth-order valence-electron chi connectivity index (χ4n) is 0.559. The van der Waals surface area contributed by atoms with Crippen molar-refractivity contribution in [1.82, 2.24) is 0 Å². The van der Waals surface area contributed by atoms with Crippen molar-refractivity contribution in [2.24, 2.45) is 5.73 Å². The van der Waals surface area contributed by atoms with E-state index < -0.39 is 11.7 Å². The van der Waals surface area contributed by atoms with Crippen LogP contribution in [0.5, 0.6) is 0 Å². The maximum Gasteiger partial charge on any atom is 0.249 e. The van der Waals surface area contributed by atoms with Crippen molar-refractivity contribution in [3.8, 4) is 0 Å². The first-order chi connectivity index (χ1) is 4.70. The van der Waals surface area contributed by atoms with Crippen LogP contribution in [0.2, 0.25) is 0 Å². The minimum Gasteiger partial charge on any atom is -0.366 e. The number of hydrogen-bond donors (Lipinski definition) is 1. The van der Waals surface area contributed by atoms with Gasteiger partial charge in [0.05, 0.1) is 0 Å². The molecule has 0 heterocycles. The number of rotatable bonds is 1. The summed E-state index contributed by atoms with van der Waals surface area (Å²) in [4.78, 5) is 10.4. The average Bonchev–Trinajstić information content (AvgIpc) is 1.88. The first-order valence-electron chi connectivity index (χ1n) is 2.67. The fraction of sp³-hybridized carbons (Fsp3) is 0. The number of halogens is 1. The molecule has 1 aromatic carbocycles. The van der Waals surface area contributed by atoms with E-state index in [1.54, 1.807) is 0 Å². The van der Waals surface area contributed by atoms with Crippen molar-refractivity contribution in [1.29, 1.82) is 0 Å². The molecule has 1 radical (unpaired) electrons. The van der Waals surface area contributed by atoms with Crippen LogP contribution in [0.4, 0.5) is 4.39 Å². The number of carbonyl (C=O) groups excluding carboxylic acids is 1. The number of carbonyl (C=O) groups is 1. The molecule has 1 aromatic rings. The third kappa shape index (κ3) is 1.31. The van der Waals surface area contributed by atoms with Crippen molar-refractivity contribution in [3.05, 3.63) is 35.6 Å². The molecule has 2 N–H and O–H groups in total. The third-order valence-electron chi connectivity index (χ3n) is 1.04. The standard InChI is InChI=1S/C7H5FNO/c8-6-3-1-5(2-4-6)7(9)10/h1,3-4H,(H2,9,10). The van der Waals surface area contributed by atoms with E-state index in [1.807, 2.05) is 0 Å². The molecule has 0 unspecified atom stereocenters. The first kappa shape index (κ1) is 6.74. The van der Waals surface area contributed by atoms with Gasteiger partial charge in [0.15, 0.2) is 0 Å². The summed E-state index contributed by atoms with van der Waals surface area (Å²) in [6.07, 6.45) is 0. The van der Waals surface area contributed by atoms with Crippen LogP contribution in [0, 0.1) is 11.9 Å². The molecule has 0 spiro atoms. The van der Waals surface area contributed by atoms with Gasteiger partial charge in [-0.15, -0.1) is 0 Å². The fourth-order valence-corrected chi connectivity index (χ4v) is 0.559. The Balaban J connectivity index is 3.00. The highest BCUT2D eigenvalue weighted by Gasteiger charge is 1.98. The number of amides is 1. The number of hydrogen-bond acceptors (Lipinski definition) is 1. The van der Waals surface area contributed by atoms with Crippen molar-refractivity contribution < 1.29 is 9.18 Å². The van der Waals surface area contributed by atoms with E-state index in [0.29, 0.717) is 0 Å². The lowest BCUT2D eigenvalue weighted by Gasteiger charge is -1.91. The van der Waals surface area contributed by atoms with E-state index in [2.05, 4.69) is 6.07 Å². The topological polar surface area (TPSA) is 43.1 Å². The zero-order valence-electron chi connectivity index (χ0n) is 5.10. The Morgan fingerprint density at radius 3 is 2.70 bits per heavy atom. The molecule has 2 nitrogen and oxygen atoms in total. The summed E-state index contributed by atoms with van der Waals surface area (Å²) in [5, 5.41) is 0. The van der Waals surface area contributed by atoms with Crippen LogP contribution >= 0.6 is 0 Å². The lowest BCUT2D eigenvalue weighted by molar-refractivity contribution is 0.1000. The molecule has 51 valence electrons. The smallest absolute Gasteiger partial charge is 0.249 e. The minimum atomic E-state index is -0.597. The van der Waals surface area contributed by atoms with Crippen LogP contribution in [-0.2, 0) is 0 Å². The van der Waals surface area contributed by atoms with E-state index in [-0.39, 0.29) is 5.56 Å². The highest BCUT2D eigenvalue weighted by Crippen LogP contribution is 1.99. The second kappa shape index (κ2) is 2.47. The van der Waals surface area contributed by atoms with E-state index in [9.17, 15) is 9.18 Å². The van der Waals surface area contributed by atoms with Gasteiger partial charge >= 0.3 is 0 Å². The molecule has 0 saturated heterocycles. The second-order valence-corrected chi connectivity index (χ2v) is 1.78. The predicted octanol–water partition coefficient (Wildman–Crippen LogP) is 0.725. The molecule has 0 aromatic heterocycles. The van der Waals surface area contributed by atoms with Crippen LogP contribution in [0.1, 0.15) is 10.4 Å². The normalized spacial score (nSPS) is 9.30. The van der Waals surface area contributed by atoms with E-state index in [4.69, 9.17) is 5.73 Å². The van der Waals surface area contributed by atoms with Gasteiger partial charge in [0.2, 0.25) is 5.91 Å². The maximum absolute atomic E-state index is 12.2. The average molecular weight is 138 g/mol. The summed E-state index contributed by atoms with van der Waals surface area (Å²) < 4.78 is 12.2. The number of primary amides is 1. The van der Waals surface area contributed by atoms with Crippen LogP contribution in [0.15, 0.2) is 18.2 Å². The van der Waals surface area contributed by atoms with Crippen molar-refractivity contribution >= 4 is 5.91 Å². The van der Waals surface area contributed by atoms with Crippen molar-refractivity contribution in [2.45, 2.75) is 0 Å². The quantitative estimate of drug-likeness (QED) is 0.610. The van der Waals surface area contributed by atoms with Gasteiger partial charge in [-0.05, 0) is 24.3 Å². The van der Waals surface area contributed by atoms with E-state index >= 15 is 0 Å². The minimum absolute atomic E-state index is 0.196. The zero-order chi connectivity index (χ0) is 7.56. The molecular weight excluding hydrogens is 133 g/mol. The summed E-state index contributed by atoms with van der Waals surface area (Å²) in [6.45, 7) is 0. The van der Waals surface area contributed by atoms with Gasteiger partial charge in [-0.2, -0.15) is 0 Å². The molecule has 10 heavy (non-hydrogen) atoms. The van der Waals surface area contributed by atoms with Gasteiger partial charge in [0, 0.05) is 5.56 Å². The summed E-state index contributed by atoms with van der Waals surface area (Å²) in [6, 6.07) is 5.91.